The van der Waals surface area contributed by atoms with Crippen molar-refractivity contribution in [2.24, 2.45) is 0 Å². The first-order valence-corrected chi connectivity index (χ1v) is 9.41. The van der Waals surface area contributed by atoms with Gasteiger partial charge in [-0.2, -0.15) is 0 Å². The van der Waals surface area contributed by atoms with E-state index in [1.165, 1.54) is 27.3 Å². The molecule has 0 radical (unpaired) electrons. The zero-order valence-electron chi connectivity index (χ0n) is 16.4. The van der Waals surface area contributed by atoms with E-state index in [1.54, 1.807) is 6.07 Å². The molecule has 0 unspecified atom stereocenters. The maximum absolute atomic E-state index is 11.7. The zero-order valence-corrected chi connectivity index (χ0v) is 16.4. The molecule has 0 bridgehead atoms. The molecule has 2 aromatic carbocycles. The fourth-order valence-corrected chi connectivity index (χ4v) is 4.04. The molecule has 0 saturated carbocycles. The number of aryl methyl sites for hydroxylation is 2. The molecule has 0 saturated heterocycles. The van der Waals surface area contributed by atoms with Gasteiger partial charge in [-0.1, -0.05) is 6.07 Å². The molecule has 4 aromatic rings. The summed E-state index contributed by atoms with van der Waals surface area (Å²) >= 11 is 0. The average Bonchev–Trinajstić information content (AvgIpc) is 2.96. The summed E-state index contributed by atoms with van der Waals surface area (Å²) in [4.78, 5) is 20.2. The van der Waals surface area contributed by atoms with E-state index in [2.05, 4.69) is 66.3 Å². The highest BCUT2D eigenvalue weighted by molar-refractivity contribution is 6.24. The number of hydrogen-bond donors (Lipinski definition) is 3. The second-order valence-corrected chi connectivity index (χ2v) is 7.63. The quantitative estimate of drug-likeness (QED) is 0.468. The summed E-state index contributed by atoms with van der Waals surface area (Å²) in [6.45, 7) is 6.29. The Balaban J connectivity index is 1.96. The minimum absolute atomic E-state index is 0.0895. The molecule has 0 aliphatic heterocycles. The summed E-state index contributed by atoms with van der Waals surface area (Å²) in [6, 6.07) is 8.18. The molecule has 3 N–H and O–H groups in total. The van der Waals surface area contributed by atoms with E-state index in [0.29, 0.717) is 0 Å². The number of nitrogens with zero attached hydrogens (tertiary/aromatic N) is 1. The number of hydrogen-bond acceptors (Lipinski definition) is 3. The van der Waals surface area contributed by atoms with Gasteiger partial charge in [-0.25, -0.2) is 0 Å². The van der Waals surface area contributed by atoms with E-state index in [0.717, 1.165) is 41.6 Å². The fraction of sp³-hybridized carbons (Fsp3) is 0.318. The largest absolute Gasteiger partial charge is 0.384 e. The van der Waals surface area contributed by atoms with Crippen molar-refractivity contribution in [3.63, 3.8) is 0 Å². The number of nitrogens with one attached hydrogen (secondary N) is 3. The second kappa shape index (κ2) is 6.74. The molecule has 0 aliphatic carbocycles. The molecular weight excluding hydrogens is 336 g/mol. The van der Waals surface area contributed by atoms with Gasteiger partial charge in [0.2, 0.25) is 5.56 Å². The monoisotopic (exact) mass is 362 g/mol. The lowest BCUT2D eigenvalue weighted by molar-refractivity contribution is 0.405. The Kier molecular flexibility index (Phi) is 4.40. The van der Waals surface area contributed by atoms with Crippen LogP contribution in [0.3, 0.4) is 0 Å². The highest BCUT2D eigenvalue weighted by atomic mass is 16.1. The highest BCUT2D eigenvalue weighted by Gasteiger charge is 2.15. The lowest BCUT2D eigenvalue weighted by atomic mass is 9.95. The van der Waals surface area contributed by atoms with Gasteiger partial charge in [-0.05, 0) is 69.6 Å². The average molecular weight is 362 g/mol. The molecule has 2 aromatic heterocycles. The van der Waals surface area contributed by atoms with Crippen LogP contribution in [0.1, 0.15) is 17.5 Å². The van der Waals surface area contributed by atoms with Gasteiger partial charge < -0.3 is 20.2 Å². The first kappa shape index (κ1) is 17.6. The molecule has 5 nitrogen and oxygen atoms in total. The van der Waals surface area contributed by atoms with E-state index in [4.69, 9.17) is 0 Å². The molecular formula is C22H26N4O. The van der Waals surface area contributed by atoms with Crippen LogP contribution in [-0.2, 0) is 0 Å². The first-order valence-electron chi connectivity index (χ1n) is 9.41. The second-order valence-electron chi connectivity index (χ2n) is 7.63. The lowest BCUT2D eigenvalue weighted by Crippen LogP contribution is -2.16. The third-order valence-electron chi connectivity index (χ3n) is 5.25. The van der Waals surface area contributed by atoms with Crippen molar-refractivity contribution in [3.05, 3.63) is 51.9 Å². The Morgan fingerprint density at radius 1 is 1.00 bits per heavy atom. The summed E-state index contributed by atoms with van der Waals surface area (Å²) in [6.07, 6.45) is 2.90. The Labute approximate surface area is 158 Å². The van der Waals surface area contributed by atoms with Crippen LogP contribution in [-0.4, -0.2) is 42.1 Å². The van der Waals surface area contributed by atoms with Crippen LogP contribution in [0.25, 0.3) is 32.6 Å². The van der Waals surface area contributed by atoms with Gasteiger partial charge in [0.05, 0.1) is 5.52 Å². The Hall–Kier alpha value is -2.79. The predicted octanol–water partition coefficient (Wildman–Crippen LogP) is 4.14. The Bertz CT molecular complexity index is 1200. The zero-order chi connectivity index (χ0) is 19.1. The van der Waals surface area contributed by atoms with Crippen LogP contribution in [0.2, 0.25) is 0 Å². The Morgan fingerprint density at radius 2 is 1.81 bits per heavy atom. The van der Waals surface area contributed by atoms with Gasteiger partial charge in [0.15, 0.2) is 0 Å². The van der Waals surface area contributed by atoms with Crippen molar-refractivity contribution in [1.29, 1.82) is 0 Å². The van der Waals surface area contributed by atoms with E-state index in [-0.39, 0.29) is 5.56 Å². The third kappa shape index (κ3) is 3.08. The number of pyridine rings is 1. The number of benzene rings is 2. The van der Waals surface area contributed by atoms with E-state index in [9.17, 15) is 4.79 Å². The van der Waals surface area contributed by atoms with Crippen molar-refractivity contribution < 1.29 is 0 Å². The van der Waals surface area contributed by atoms with Gasteiger partial charge in [0, 0.05) is 46.2 Å². The molecule has 0 spiro atoms. The normalized spacial score (nSPS) is 11.9. The summed E-state index contributed by atoms with van der Waals surface area (Å²) in [7, 11) is 4.20. The SMILES string of the molecule is Cc1ccc(NCCCN(C)C)c2c1c(C)cc1[nH]c3cc(=O)[nH]cc3c12. The molecule has 2 heterocycles. The Morgan fingerprint density at radius 3 is 2.59 bits per heavy atom. The predicted molar refractivity (Wildman–Crippen MR) is 115 cm³/mol. The number of aromatic nitrogens is 2. The van der Waals surface area contributed by atoms with Crippen molar-refractivity contribution in [2.45, 2.75) is 20.3 Å². The number of anilines is 1. The molecule has 5 heteroatoms. The van der Waals surface area contributed by atoms with Gasteiger partial charge in [-0.3, -0.25) is 4.79 Å². The van der Waals surface area contributed by atoms with Crippen LogP contribution in [0.4, 0.5) is 5.69 Å². The summed E-state index contributed by atoms with van der Waals surface area (Å²) in [5, 5.41) is 8.38. The van der Waals surface area contributed by atoms with Gasteiger partial charge >= 0.3 is 0 Å². The topological polar surface area (TPSA) is 63.9 Å². The highest BCUT2D eigenvalue weighted by Crippen LogP contribution is 2.39. The van der Waals surface area contributed by atoms with Crippen LogP contribution < -0.4 is 10.9 Å². The number of rotatable bonds is 5. The number of H-pyrrole nitrogens is 2. The summed E-state index contributed by atoms with van der Waals surface area (Å²) in [5.74, 6) is 0. The smallest absolute Gasteiger partial charge is 0.250 e. The molecule has 0 fully saturated rings. The minimum Gasteiger partial charge on any atom is -0.384 e. The summed E-state index contributed by atoms with van der Waals surface area (Å²) in [5.41, 5.74) is 5.51. The molecule has 4 rings (SSSR count). The minimum atomic E-state index is -0.0895. The van der Waals surface area contributed by atoms with Gasteiger partial charge in [0.25, 0.3) is 0 Å². The van der Waals surface area contributed by atoms with E-state index >= 15 is 0 Å². The standard InChI is InChI=1S/C22H26N4O/c1-13-6-7-16(23-8-5-9-26(3)4)22-20(13)14(2)10-18-21(22)15-12-24-19(27)11-17(15)25-18/h6-7,10-12,23,25H,5,8-9H2,1-4H3,(H,24,27). The first-order chi connectivity index (χ1) is 13.0. The number of fused-ring (bicyclic) bond motifs is 5. The maximum atomic E-state index is 11.7. The van der Waals surface area contributed by atoms with Crippen LogP contribution >= 0.6 is 0 Å². The molecule has 0 aliphatic rings. The molecule has 140 valence electrons. The van der Waals surface area contributed by atoms with Crippen molar-refractivity contribution in [1.82, 2.24) is 14.9 Å². The van der Waals surface area contributed by atoms with Gasteiger partial charge in [0.1, 0.15) is 0 Å². The van der Waals surface area contributed by atoms with Gasteiger partial charge in [-0.15, -0.1) is 0 Å². The van der Waals surface area contributed by atoms with E-state index in [1.807, 2.05) is 6.20 Å². The summed E-state index contributed by atoms with van der Waals surface area (Å²) < 4.78 is 0. The van der Waals surface area contributed by atoms with Crippen LogP contribution in [0.5, 0.6) is 0 Å². The maximum Gasteiger partial charge on any atom is 0.250 e. The third-order valence-corrected chi connectivity index (χ3v) is 5.25. The molecule has 27 heavy (non-hydrogen) atoms. The molecule has 0 atom stereocenters. The molecule has 0 amide bonds. The van der Waals surface area contributed by atoms with Crippen LogP contribution in [0, 0.1) is 13.8 Å². The number of aromatic amines is 2. The van der Waals surface area contributed by atoms with E-state index < -0.39 is 0 Å². The van der Waals surface area contributed by atoms with Crippen molar-refractivity contribution >= 4 is 38.3 Å². The van der Waals surface area contributed by atoms with Crippen molar-refractivity contribution in [3.8, 4) is 0 Å². The lowest BCUT2D eigenvalue weighted by Gasteiger charge is -2.16. The van der Waals surface area contributed by atoms with Crippen molar-refractivity contribution in [2.75, 3.05) is 32.5 Å². The fourth-order valence-electron chi connectivity index (χ4n) is 4.04. The van der Waals surface area contributed by atoms with Crippen LogP contribution in [0.15, 0.2) is 35.3 Å².